The summed E-state index contributed by atoms with van der Waals surface area (Å²) < 4.78 is 13.8. The highest BCUT2D eigenvalue weighted by Gasteiger charge is 2.43. The minimum atomic E-state index is -0.987. The molecule has 0 spiro atoms. The van der Waals surface area contributed by atoms with Gasteiger partial charge in [0.2, 0.25) is 0 Å². The summed E-state index contributed by atoms with van der Waals surface area (Å²) in [5, 5.41) is 20.2. The van der Waals surface area contributed by atoms with Crippen LogP contribution in [0.1, 0.15) is 43.9 Å². The van der Waals surface area contributed by atoms with Gasteiger partial charge in [-0.25, -0.2) is 4.39 Å². The van der Waals surface area contributed by atoms with Crippen molar-refractivity contribution in [1.29, 1.82) is 0 Å². The van der Waals surface area contributed by atoms with Gasteiger partial charge in [0.05, 0.1) is 12.6 Å². The summed E-state index contributed by atoms with van der Waals surface area (Å²) in [5.41, 5.74) is 3.02. The molecule has 0 aromatic heterocycles. The van der Waals surface area contributed by atoms with Crippen molar-refractivity contribution in [2.75, 3.05) is 18.1 Å². The highest BCUT2D eigenvalue weighted by atomic mass is 19.1. The molecule has 0 fully saturated rings. The molecule has 1 aliphatic rings. The Morgan fingerprint density at radius 1 is 1.12 bits per heavy atom. The van der Waals surface area contributed by atoms with Crippen LogP contribution in [0.25, 0.3) is 0 Å². The number of halogens is 1. The van der Waals surface area contributed by atoms with Crippen LogP contribution in [0, 0.1) is 5.82 Å². The van der Waals surface area contributed by atoms with Crippen molar-refractivity contribution in [2.24, 2.45) is 0 Å². The van der Waals surface area contributed by atoms with Gasteiger partial charge >= 0.3 is 0 Å². The van der Waals surface area contributed by atoms with Crippen LogP contribution in [0.4, 0.5) is 10.1 Å². The Bertz CT molecular complexity index is 729. The first-order valence-electron chi connectivity index (χ1n) is 8.97. The van der Waals surface area contributed by atoms with Gasteiger partial charge in [0.25, 0.3) is 0 Å². The molecule has 3 nitrogen and oxygen atoms in total. The highest BCUT2D eigenvalue weighted by molar-refractivity contribution is 5.64. The molecule has 0 amide bonds. The molecule has 0 unspecified atom stereocenters. The Balaban J connectivity index is 2.11. The van der Waals surface area contributed by atoms with Gasteiger partial charge in [-0.2, -0.15) is 0 Å². The van der Waals surface area contributed by atoms with E-state index in [0.717, 1.165) is 25.1 Å². The molecule has 1 aliphatic heterocycles. The molecule has 25 heavy (non-hydrogen) atoms. The van der Waals surface area contributed by atoms with E-state index in [9.17, 15) is 14.6 Å². The first-order valence-corrected chi connectivity index (χ1v) is 8.97. The number of benzene rings is 2. The molecule has 3 rings (SSSR count). The average Bonchev–Trinajstić information content (AvgIpc) is 2.97. The molecule has 2 atom stereocenters. The molecule has 0 aliphatic carbocycles. The fraction of sp³-hybridized carbons (Fsp3) is 0.429. The maximum absolute atomic E-state index is 13.8. The summed E-state index contributed by atoms with van der Waals surface area (Å²) in [6.07, 6.45) is 0.990. The van der Waals surface area contributed by atoms with Crippen LogP contribution in [0.15, 0.2) is 48.5 Å². The van der Waals surface area contributed by atoms with Crippen molar-refractivity contribution in [1.82, 2.24) is 0 Å². The molecule has 2 aromatic carbocycles. The lowest BCUT2D eigenvalue weighted by Crippen LogP contribution is -2.41. The Labute approximate surface area is 148 Å². The number of fused-ring (bicyclic) bond motifs is 1. The van der Waals surface area contributed by atoms with Gasteiger partial charge < -0.3 is 15.1 Å². The quantitative estimate of drug-likeness (QED) is 0.838. The molecule has 134 valence electrons. The van der Waals surface area contributed by atoms with Crippen molar-refractivity contribution >= 4 is 5.69 Å². The van der Waals surface area contributed by atoms with Crippen molar-refractivity contribution in [2.45, 2.75) is 44.2 Å². The Hall–Kier alpha value is -1.91. The van der Waals surface area contributed by atoms with Crippen molar-refractivity contribution in [3.63, 3.8) is 0 Å². The summed E-state index contributed by atoms with van der Waals surface area (Å²) in [6.45, 7) is 4.75. The van der Waals surface area contributed by atoms with Gasteiger partial charge in [0, 0.05) is 17.6 Å². The number of aliphatic hydroxyl groups excluding tert-OH is 2. The highest BCUT2D eigenvalue weighted by Crippen LogP contribution is 2.48. The lowest BCUT2D eigenvalue weighted by atomic mass is 9.77. The van der Waals surface area contributed by atoms with Crippen LogP contribution in [-0.2, 0) is 5.41 Å². The van der Waals surface area contributed by atoms with Gasteiger partial charge in [-0.3, -0.25) is 0 Å². The lowest BCUT2D eigenvalue weighted by molar-refractivity contribution is 0.0706. The third-order valence-corrected chi connectivity index (χ3v) is 5.69. The normalized spacial score (nSPS) is 18.0. The van der Waals surface area contributed by atoms with Crippen LogP contribution in [0.3, 0.4) is 0 Å². The second-order valence-corrected chi connectivity index (χ2v) is 6.88. The zero-order chi connectivity index (χ0) is 18.0. The lowest BCUT2D eigenvalue weighted by Gasteiger charge is -2.36. The van der Waals surface area contributed by atoms with E-state index in [2.05, 4.69) is 30.9 Å². The number of aliphatic hydroxyl groups is 2. The monoisotopic (exact) mass is 343 g/mol. The van der Waals surface area contributed by atoms with E-state index in [1.165, 1.54) is 17.7 Å². The minimum absolute atomic E-state index is 0.0113. The van der Waals surface area contributed by atoms with E-state index in [1.807, 2.05) is 18.2 Å². The summed E-state index contributed by atoms with van der Waals surface area (Å²) in [5.74, 6) is -0.336. The predicted octanol–water partition coefficient (Wildman–Crippen LogP) is 3.80. The standard InChI is InChI=1S/C21H26FNO2/c1-3-21(4-2)14-23(18-11-6-5-10-17(18)21)20(19(25)13-24)15-8-7-9-16(22)12-15/h5-12,19-20,24-25H,3-4,13-14H2,1-2H3/t19-,20+/m1/s1. The summed E-state index contributed by atoms with van der Waals surface area (Å²) in [4.78, 5) is 2.14. The molecule has 0 saturated heterocycles. The largest absolute Gasteiger partial charge is 0.394 e. The fourth-order valence-electron chi connectivity index (χ4n) is 4.17. The van der Waals surface area contributed by atoms with Gasteiger partial charge in [-0.05, 0) is 42.2 Å². The average molecular weight is 343 g/mol. The van der Waals surface area contributed by atoms with Gasteiger partial charge in [0.1, 0.15) is 11.9 Å². The van der Waals surface area contributed by atoms with Crippen LogP contribution < -0.4 is 4.90 Å². The maximum Gasteiger partial charge on any atom is 0.123 e. The number of rotatable bonds is 6. The van der Waals surface area contributed by atoms with Gasteiger partial charge in [0.15, 0.2) is 0 Å². The smallest absolute Gasteiger partial charge is 0.123 e. The van der Waals surface area contributed by atoms with Gasteiger partial charge in [-0.15, -0.1) is 0 Å². The summed E-state index contributed by atoms with van der Waals surface area (Å²) in [7, 11) is 0. The van der Waals surface area contributed by atoms with E-state index in [4.69, 9.17) is 0 Å². The predicted molar refractivity (Wildman–Crippen MR) is 98.3 cm³/mol. The molecule has 4 heteroatoms. The van der Waals surface area contributed by atoms with Gasteiger partial charge in [-0.1, -0.05) is 44.2 Å². The molecule has 2 aromatic rings. The second-order valence-electron chi connectivity index (χ2n) is 6.88. The molecular weight excluding hydrogens is 317 g/mol. The third kappa shape index (κ3) is 3.05. The summed E-state index contributed by atoms with van der Waals surface area (Å²) >= 11 is 0. The van der Waals surface area contributed by atoms with Crippen LogP contribution >= 0.6 is 0 Å². The van der Waals surface area contributed by atoms with E-state index >= 15 is 0 Å². The summed E-state index contributed by atoms with van der Waals surface area (Å²) in [6, 6.07) is 14.1. The zero-order valence-corrected chi connectivity index (χ0v) is 14.8. The van der Waals surface area contributed by atoms with Crippen molar-refractivity contribution in [3.05, 3.63) is 65.5 Å². The molecule has 0 radical (unpaired) electrons. The minimum Gasteiger partial charge on any atom is -0.394 e. The molecule has 0 bridgehead atoms. The first-order chi connectivity index (χ1) is 12.1. The van der Waals surface area contributed by atoms with E-state index < -0.39 is 12.1 Å². The molecular formula is C21H26FNO2. The Morgan fingerprint density at radius 3 is 2.48 bits per heavy atom. The maximum atomic E-state index is 13.8. The Morgan fingerprint density at radius 2 is 1.84 bits per heavy atom. The van der Waals surface area contributed by atoms with Crippen LogP contribution in [-0.4, -0.2) is 29.5 Å². The van der Waals surface area contributed by atoms with Crippen LogP contribution in [0.5, 0.6) is 0 Å². The van der Waals surface area contributed by atoms with E-state index in [0.29, 0.717) is 5.56 Å². The third-order valence-electron chi connectivity index (χ3n) is 5.69. The number of nitrogens with zero attached hydrogens (tertiary/aromatic N) is 1. The van der Waals surface area contributed by atoms with Crippen LogP contribution in [0.2, 0.25) is 0 Å². The first kappa shape index (κ1) is 17.9. The second kappa shape index (κ2) is 7.14. The SMILES string of the molecule is CCC1(CC)CN([C@@H](c2cccc(F)c2)[C@H](O)CO)c2ccccc21. The van der Waals surface area contributed by atoms with Crippen molar-refractivity contribution in [3.8, 4) is 0 Å². The Kier molecular flexibility index (Phi) is 5.11. The number of anilines is 1. The topological polar surface area (TPSA) is 43.7 Å². The van der Waals surface area contributed by atoms with E-state index in [1.54, 1.807) is 6.07 Å². The number of hydrogen-bond donors (Lipinski definition) is 2. The number of para-hydroxylation sites is 1. The molecule has 2 N–H and O–H groups in total. The zero-order valence-electron chi connectivity index (χ0n) is 14.8. The van der Waals surface area contributed by atoms with Crippen molar-refractivity contribution < 1.29 is 14.6 Å². The molecule has 1 heterocycles. The van der Waals surface area contributed by atoms with E-state index in [-0.39, 0.29) is 17.8 Å². The molecule has 0 saturated carbocycles. The number of hydrogen-bond acceptors (Lipinski definition) is 3. The fourth-order valence-corrected chi connectivity index (χ4v) is 4.17.